The molecule has 0 spiro atoms. The highest BCUT2D eigenvalue weighted by atomic mass is 35.5. The second-order valence-corrected chi connectivity index (χ2v) is 8.24. The third-order valence-corrected chi connectivity index (χ3v) is 6.16. The van der Waals surface area contributed by atoms with Gasteiger partial charge in [0, 0.05) is 43.6 Å². The number of morpholine rings is 1. The fourth-order valence-corrected chi connectivity index (χ4v) is 4.58. The lowest BCUT2D eigenvalue weighted by molar-refractivity contribution is 0.0353. The fraction of sp³-hybridized carbons (Fsp3) is 0.348. The molecule has 2 aliphatic rings. The van der Waals surface area contributed by atoms with Crippen LogP contribution in [0.2, 0.25) is 5.02 Å². The maximum absolute atomic E-state index is 13.4. The molecule has 5 rings (SSSR count). The van der Waals surface area contributed by atoms with Gasteiger partial charge in [0.1, 0.15) is 5.58 Å². The van der Waals surface area contributed by atoms with Gasteiger partial charge in [-0.15, -0.1) is 0 Å². The Bertz CT molecular complexity index is 1170. The molecule has 0 saturated carbocycles. The number of aromatic nitrogens is 1. The van der Waals surface area contributed by atoms with Crippen LogP contribution in [0.15, 0.2) is 51.9 Å². The van der Waals surface area contributed by atoms with E-state index in [1.165, 1.54) is 0 Å². The summed E-state index contributed by atoms with van der Waals surface area (Å²) in [6, 6.07) is 8.05. The first-order chi connectivity index (χ1) is 15.1. The molecule has 1 amide bonds. The number of rotatable bonds is 5. The molecule has 2 aliphatic heterocycles. The molecular weight excluding hydrogens is 418 g/mol. The lowest BCUT2D eigenvalue weighted by Gasteiger charge is -2.29. The molecule has 4 heterocycles. The van der Waals surface area contributed by atoms with Gasteiger partial charge in [-0.25, -0.2) is 0 Å². The zero-order valence-electron chi connectivity index (χ0n) is 16.9. The largest absolute Gasteiger partial charge is 0.450 e. The zero-order valence-corrected chi connectivity index (χ0v) is 17.7. The smallest absolute Gasteiger partial charge is 0.290 e. The molecule has 0 N–H and O–H groups in total. The summed E-state index contributed by atoms with van der Waals surface area (Å²) in [5.41, 5.74) is 1.36. The van der Waals surface area contributed by atoms with Crippen molar-refractivity contribution >= 4 is 28.5 Å². The van der Waals surface area contributed by atoms with Crippen molar-refractivity contribution in [2.45, 2.75) is 12.5 Å². The SMILES string of the molecule is O=C1c2oc3ccc(Cl)cc3c(=O)c2[C@@H](c2ccncc2)N1CCCN1CCOCC1. The normalized spacial score (nSPS) is 19.2. The summed E-state index contributed by atoms with van der Waals surface area (Å²) in [5, 5.41) is 0.833. The van der Waals surface area contributed by atoms with E-state index in [4.69, 9.17) is 20.8 Å². The molecule has 160 valence electrons. The van der Waals surface area contributed by atoms with Crippen LogP contribution in [0.1, 0.15) is 34.1 Å². The number of carbonyl (C=O) groups is 1. The second kappa shape index (κ2) is 8.42. The highest BCUT2D eigenvalue weighted by Gasteiger charge is 2.42. The zero-order chi connectivity index (χ0) is 21.4. The molecule has 3 aromatic rings. The number of benzene rings is 1. The van der Waals surface area contributed by atoms with E-state index >= 15 is 0 Å². The van der Waals surface area contributed by atoms with Gasteiger partial charge in [-0.05, 0) is 42.3 Å². The van der Waals surface area contributed by atoms with Gasteiger partial charge in [-0.2, -0.15) is 0 Å². The number of carbonyl (C=O) groups excluding carboxylic acids is 1. The van der Waals surface area contributed by atoms with Crippen molar-refractivity contribution in [1.82, 2.24) is 14.8 Å². The van der Waals surface area contributed by atoms with Crippen molar-refractivity contribution in [2.75, 3.05) is 39.4 Å². The molecule has 1 fully saturated rings. The van der Waals surface area contributed by atoms with E-state index in [0.717, 1.165) is 44.8 Å². The molecule has 0 aliphatic carbocycles. The maximum Gasteiger partial charge on any atom is 0.290 e. The first-order valence-corrected chi connectivity index (χ1v) is 10.8. The molecule has 1 atom stereocenters. The molecule has 7 nitrogen and oxygen atoms in total. The quantitative estimate of drug-likeness (QED) is 0.608. The van der Waals surface area contributed by atoms with Crippen molar-refractivity contribution in [3.8, 4) is 0 Å². The molecule has 1 saturated heterocycles. The summed E-state index contributed by atoms with van der Waals surface area (Å²) in [5.74, 6) is -0.138. The van der Waals surface area contributed by atoms with Crippen molar-refractivity contribution in [1.29, 1.82) is 0 Å². The van der Waals surface area contributed by atoms with Gasteiger partial charge in [0.15, 0.2) is 5.43 Å². The van der Waals surface area contributed by atoms with Crippen LogP contribution in [0.5, 0.6) is 0 Å². The molecule has 0 unspecified atom stereocenters. The summed E-state index contributed by atoms with van der Waals surface area (Å²) in [6.07, 6.45) is 4.13. The monoisotopic (exact) mass is 439 g/mol. The molecule has 8 heteroatoms. The van der Waals surface area contributed by atoms with E-state index in [1.807, 2.05) is 12.1 Å². The minimum atomic E-state index is -0.505. The summed E-state index contributed by atoms with van der Waals surface area (Å²) in [6.45, 7) is 4.65. The Kier molecular flexibility index (Phi) is 5.48. The first-order valence-electron chi connectivity index (χ1n) is 10.4. The van der Waals surface area contributed by atoms with Crippen LogP contribution in [0.25, 0.3) is 11.0 Å². The number of hydrogen-bond acceptors (Lipinski definition) is 6. The number of hydrogen-bond donors (Lipinski definition) is 0. The predicted octanol–water partition coefficient (Wildman–Crippen LogP) is 3.11. The van der Waals surface area contributed by atoms with Gasteiger partial charge in [0.25, 0.3) is 5.91 Å². The van der Waals surface area contributed by atoms with Crippen molar-refractivity contribution < 1.29 is 13.9 Å². The van der Waals surface area contributed by atoms with Gasteiger partial charge in [0.05, 0.1) is 30.2 Å². The Morgan fingerprint density at radius 2 is 1.84 bits per heavy atom. The second-order valence-electron chi connectivity index (χ2n) is 7.80. The van der Waals surface area contributed by atoms with Crippen LogP contribution in [-0.4, -0.2) is 60.1 Å². The summed E-state index contributed by atoms with van der Waals surface area (Å²) < 4.78 is 11.3. The van der Waals surface area contributed by atoms with Crippen LogP contribution < -0.4 is 5.43 Å². The average molecular weight is 440 g/mol. The fourth-order valence-electron chi connectivity index (χ4n) is 4.40. The average Bonchev–Trinajstić information content (AvgIpc) is 3.08. The lowest BCUT2D eigenvalue weighted by atomic mass is 9.99. The van der Waals surface area contributed by atoms with Crippen LogP contribution in [0.4, 0.5) is 0 Å². The van der Waals surface area contributed by atoms with Gasteiger partial charge in [-0.1, -0.05) is 11.6 Å². The number of pyridine rings is 1. The summed E-state index contributed by atoms with van der Waals surface area (Å²) in [4.78, 5) is 34.9. The molecule has 1 aromatic carbocycles. The molecule has 2 aromatic heterocycles. The Morgan fingerprint density at radius 3 is 2.61 bits per heavy atom. The topological polar surface area (TPSA) is 75.9 Å². The van der Waals surface area contributed by atoms with Crippen molar-refractivity contribution in [3.05, 3.63) is 74.9 Å². The molecular formula is C23H22ClN3O4. The number of nitrogens with zero attached hydrogens (tertiary/aromatic N) is 3. The Morgan fingerprint density at radius 1 is 1.06 bits per heavy atom. The number of ether oxygens (including phenoxy) is 1. The highest BCUT2D eigenvalue weighted by Crippen LogP contribution is 2.38. The first kappa shape index (κ1) is 20.2. The molecule has 0 radical (unpaired) electrons. The van der Waals surface area contributed by atoms with E-state index in [-0.39, 0.29) is 17.1 Å². The maximum atomic E-state index is 13.4. The van der Waals surface area contributed by atoms with Crippen LogP contribution in [-0.2, 0) is 4.74 Å². The van der Waals surface area contributed by atoms with Crippen molar-refractivity contribution in [3.63, 3.8) is 0 Å². The number of fused-ring (bicyclic) bond motifs is 2. The Balaban J connectivity index is 1.52. The summed E-state index contributed by atoms with van der Waals surface area (Å²) >= 11 is 6.11. The standard InChI is InChI=1S/C23H22ClN3O4/c24-16-2-3-18-17(14-16)21(28)19-20(15-4-6-25-7-5-15)27(23(29)22(19)31-18)9-1-8-26-10-12-30-13-11-26/h2-7,14,20H,1,8-13H2/t20-/m1/s1. The third kappa shape index (κ3) is 3.73. The van der Waals surface area contributed by atoms with Crippen LogP contribution >= 0.6 is 11.6 Å². The van der Waals surface area contributed by atoms with Gasteiger partial charge in [-0.3, -0.25) is 19.5 Å². The van der Waals surface area contributed by atoms with E-state index < -0.39 is 6.04 Å². The predicted molar refractivity (Wildman–Crippen MR) is 116 cm³/mol. The number of amides is 1. The minimum Gasteiger partial charge on any atom is -0.450 e. The van der Waals surface area contributed by atoms with Gasteiger partial charge < -0.3 is 14.1 Å². The highest BCUT2D eigenvalue weighted by molar-refractivity contribution is 6.31. The minimum absolute atomic E-state index is 0.119. The summed E-state index contributed by atoms with van der Waals surface area (Å²) in [7, 11) is 0. The van der Waals surface area contributed by atoms with E-state index in [0.29, 0.717) is 28.1 Å². The van der Waals surface area contributed by atoms with Gasteiger partial charge >= 0.3 is 0 Å². The van der Waals surface area contributed by atoms with Crippen molar-refractivity contribution in [2.24, 2.45) is 0 Å². The lowest BCUT2D eigenvalue weighted by Crippen LogP contribution is -2.38. The van der Waals surface area contributed by atoms with E-state index in [9.17, 15) is 9.59 Å². The Hall–Kier alpha value is -2.74. The molecule has 31 heavy (non-hydrogen) atoms. The Labute approximate surface area is 184 Å². The van der Waals surface area contributed by atoms with E-state index in [2.05, 4.69) is 9.88 Å². The third-order valence-electron chi connectivity index (χ3n) is 5.93. The van der Waals surface area contributed by atoms with Gasteiger partial charge in [0.2, 0.25) is 5.76 Å². The van der Waals surface area contributed by atoms with E-state index in [1.54, 1.807) is 35.5 Å². The molecule has 0 bridgehead atoms. The van der Waals surface area contributed by atoms with Crippen LogP contribution in [0.3, 0.4) is 0 Å². The number of halogens is 1. The van der Waals surface area contributed by atoms with Crippen LogP contribution in [0, 0.1) is 0 Å².